The Hall–Kier alpha value is -0.580. The molecule has 0 unspecified atom stereocenters. The van der Waals surface area contributed by atoms with Gasteiger partial charge in [-0.1, -0.05) is 65.5 Å². The average Bonchev–Trinajstić information content (AvgIpc) is 3.25. The lowest BCUT2D eigenvalue weighted by Gasteiger charge is -2.58. The number of esters is 1. The van der Waals surface area contributed by atoms with Crippen molar-refractivity contribution in [2.45, 2.75) is 118 Å². The minimum absolute atomic E-state index is 0. The summed E-state index contributed by atoms with van der Waals surface area (Å²) in [6.07, 6.45) is 17.7. The summed E-state index contributed by atoms with van der Waals surface area (Å²) in [6, 6.07) is 0. The van der Waals surface area contributed by atoms with Crippen LogP contribution >= 0.6 is 12.4 Å². The molecule has 39 heavy (non-hydrogen) atoms. The Balaban J connectivity index is 0.00000353. The van der Waals surface area contributed by atoms with Gasteiger partial charge in [0.05, 0.1) is 19.6 Å². The number of hydrogen-bond donors (Lipinski definition) is 0. The summed E-state index contributed by atoms with van der Waals surface area (Å²) < 4.78 is 11.5. The zero-order valence-electron chi connectivity index (χ0n) is 25.7. The summed E-state index contributed by atoms with van der Waals surface area (Å²) in [5.41, 5.74) is 2.49. The number of ether oxygens (including phenoxy) is 2. The highest BCUT2D eigenvalue weighted by Crippen LogP contribution is 2.67. The van der Waals surface area contributed by atoms with Crippen LogP contribution in [0.2, 0.25) is 0 Å². The van der Waals surface area contributed by atoms with Crippen molar-refractivity contribution in [3.8, 4) is 0 Å². The molecule has 0 bridgehead atoms. The molecule has 1 aliphatic heterocycles. The van der Waals surface area contributed by atoms with E-state index in [0.717, 1.165) is 81.2 Å². The molecule has 0 radical (unpaired) electrons. The van der Waals surface area contributed by atoms with Crippen LogP contribution in [0.1, 0.15) is 112 Å². The fraction of sp³-hybridized carbons (Fsp3) is 0.912. The molecule has 1 heterocycles. The van der Waals surface area contributed by atoms with E-state index in [0.29, 0.717) is 17.3 Å². The van der Waals surface area contributed by atoms with Crippen LogP contribution in [0.25, 0.3) is 0 Å². The first-order chi connectivity index (χ1) is 18.2. The van der Waals surface area contributed by atoms with Gasteiger partial charge in [-0.25, -0.2) is 0 Å². The lowest BCUT2D eigenvalue weighted by Crippen LogP contribution is -2.51. The molecule has 1 saturated heterocycles. The number of hydrogen-bond acceptors (Lipinski definition) is 4. The van der Waals surface area contributed by atoms with E-state index in [2.05, 4.69) is 45.6 Å². The molecule has 5 heteroatoms. The van der Waals surface area contributed by atoms with Crippen LogP contribution in [0.3, 0.4) is 0 Å². The molecule has 0 aromatic rings. The molecule has 4 nitrogen and oxygen atoms in total. The van der Waals surface area contributed by atoms with Gasteiger partial charge in [0.15, 0.2) is 0 Å². The van der Waals surface area contributed by atoms with Gasteiger partial charge in [-0.15, -0.1) is 12.4 Å². The van der Waals surface area contributed by atoms with Crippen LogP contribution < -0.4 is 0 Å². The predicted molar refractivity (Wildman–Crippen MR) is 162 cm³/mol. The number of allylic oxidation sites excluding steroid dienone is 1. The summed E-state index contributed by atoms with van der Waals surface area (Å²) in [5, 5.41) is 0. The second-order valence-corrected chi connectivity index (χ2v) is 14.8. The minimum Gasteiger partial charge on any atom is -0.462 e. The summed E-state index contributed by atoms with van der Waals surface area (Å²) >= 11 is 0. The molecule has 0 N–H and O–H groups in total. The van der Waals surface area contributed by atoms with Gasteiger partial charge in [0.1, 0.15) is 6.10 Å². The van der Waals surface area contributed by atoms with Crippen molar-refractivity contribution in [2.75, 3.05) is 32.8 Å². The molecule has 8 atom stereocenters. The van der Waals surface area contributed by atoms with E-state index in [1.165, 1.54) is 57.8 Å². The molecule has 3 saturated carbocycles. The monoisotopic (exact) mass is 563 g/mol. The molecular formula is C34H58ClNO3. The summed E-state index contributed by atoms with van der Waals surface area (Å²) in [7, 11) is 0. The summed E-state index contributed by atoms with van der Waals surface area (Å²) in [5.74, 6) is 5.22. The second kappa shape index (κ2) is 13.2. The fourth-order valence-corrected chi connectivity index (χ4v) is 10.1. The summed E-state index contributed by atoms with van der Waals surface area (Å²) in [6.45, 7) is 16.8. The van der Waals surface area contributed by atoms with Crippen molar-refractivity contribution < 1.29 is 14.3 Å². The van der Waals surface area contributed by atoms with Crippen LogP contribution in [-0.2, 0) is 14.3 Å². The number of carbonyl (C=O) groups is 1. The maximum atomic E-state index is 12.7. The van der Waals surface area contributed by atoms with E-state index in [1.807, 2.05) is 0 Å². The SMILES string of the molecule is CC(C)CCC[C@@H](C)[C@H]1CC[C@H]2[C@@H]3CC=C4C[C@@H](OC(=O)CCN5CCOCC5)CC[C@]4(C)[C@H]3CC[C@]12C.Cl. The highest BCUT2D eigenvalue weighted by molar-refractivity contribution is 5.85. The minimum atomic E-state index is -0.00711. The number of rotatable bonds is 9. The van der Waals surface area contributed by atoms with Gasteiger partial charge in [0.25, 0.3) is 0 Å². The van der Waals surface area contributed by atoms with Crippen molar-refractivity contribution in [1.29, 1.82) is 0 Å². The Labute approximate surface area is 245 Å². The molecule has 5 aliphatic rings. The molecule has 0 amide bonds. The second-order valence-electron chi connectivity index (χ2n) is 14.8. The molecule has 4 fully saturated rings. The van der Waals surface area contributed by atoms with E-state index < -0.39 is 0 Å². The van der Waals surface area contributed by atoms with Crippen LogP contribution in [0.5, 0.6) is 0 Å². The maximum absolute atomic E-state index is 12.7. The third-order valence-electron chi connectivity index (χ3n) is 12.3. The number of halogens is 1. The number of fused-ring (bicyclic) bond motifs is 5. The smallest absolute Gasteiger partial charge is 0.307 e. The van der Waals surface area contributed by atoms with Crippen molar-refractivity contribution >= 4 is 18.4 Å². The fourth-order valence-electron chi connectivity index (χ4n) is 10.1. The predicted octanol–water partition coefficient (Wildman–Crippen LogP) is 8.08. The molecule has 0 spiro atoms. The van der Waals surface area contributed by atoms with Gasteiger partial charge in [0.2, 0.25) is 0 Å². The highest BCUT2D eigenvalue weighted by atomic mass is 35.5. The number of nitrogens with zero attached hydrogens (tertiary/aromatic N) is 1. The largest absolute Gasteiger partial charge is 0.462 e. The number of morpholine rings is 1. The lowest BCUT2D eigenvalue weighted by atomic mass is 9.47. The Morgan fingerprint density at radius 3 is 2.56 bits per heavy atom. The Morgan fingerprint density at radius 2 is 1.82 bits per heavy atom. The van der Waals surface area contributed by atoms with Gasteiger partial charge in [-0.3, -0.25) is 9.69 Å². The van der Waals surface area contributed by atoms with Gasteiger partial charge < -0.3 is 9.47 Å². The molecule has 0 aromatic heterocycles. The van der Waals surface area contributed by atoms with Gasteiger partial charge in [0, 0.05) is 26.1 Å². The average molecular weight is 564 g/mol. The Morgan fingerprint density at radius 1 is 1.05 bits per heavy atom. The van der Waals surface area contributed by atoms with Gasteiger partial charge in [-0.05, 0) is 91.3 Å². The zero-order chi connectivity index (χ0) is 26.9. The molecule has 5 rings (SSSR count). The quantitative estimate of drug-likeness (QED) is 0.210. The normalized spacial score (nSPS) is 39.1. The van der Waals surface area contributed by atoms with E-state index in [1.54, 1.807) is 5.57 Å². The van der Waals surface area contributed by atoms with Crippen molar-refractivity contribution in [1.82, 2.24) is 4.90 Å². The molecular weight excluding hydrogens is 506 g/mol. The van der Waals surface area contributed by atoms with Crippen LogP contribution in [0.15, 0.2) is 11.6 Å². The number of carbonyl (C=O) groups excluding carboxylic acids is 1. The van der Waals surface area contributed by atoms with Crippen LogP contribution in [0, 0.1) is 46.3 Å². The van der Waals surface area contributed by atoms with Gasteiger partial charge in [-0.2, -0.15) is 0 Å². The first-order valence-electron chi connectivity index (χ1n) is 16.4. The third-order valence-corrected chi connectivity index (χ3v) is 12.3. The highest BCUT2D eigenvalue weighted by Gasteiger charge is 2.59. The maximum Gasteiger partial charge on any atom is 0.307 e. The van der Waals surface area contributed by atoms with E-state index >= 15 is 0 Å². The Kier molecular flexibility index (Phi) is 10.6. The molecule has 0 aromatic carbocycles. The third kappa shape index (κ3) is 6.59. The van der Waals surface area contributed by atoms with Crippen molar-refractivity contribution in [2.24, 2.45) is 46.3 Å². The van der Waals surface area contributed by atoms with Crippen LogP contribution in [0.4, 0.5) is 0 Å². The lowest BCUT2D eigenvalue weighted by molar-refractivity contribution is -0.152. The van der Waals surface area contributed by atoms with Gasteiger partial charge >= 0.3 is 5.97 Å². The van der Waals surface area contributed by atoms with E-state index in [4.69, 9.17) is 9.47 Å². The van der Waals surface area contributed by atoms with E-state index in [9.17, 15) is 4.79 Å². The van der Waals surface area contributed by atoms with Crippen molar-refractivity contribution in [3.63, 3.8) is 0 Å². The first kappa shape index (κ1) is 31.4. The molecule has 224 valence electrons. The first-order valence-corrected chi connectivity index (χ1v) is 16.4. The summed E-state index contributed by atoms with van der Waals surface area (Å²) in [4.78, 5) is 15.0. The standard InChI is InChI=1S/C34H57NO3.ClH/c1-24(2)7-6-8-25(3)29-11-12-30-28-10-9-26-23-27(38-32(36)15-18-35-19-21-37-22-20-35)13-16-33(26,4)31(28)14-17-34(29,30)5;/h9,24-25,27-31H,6-8,10-23H2,1-5H3;1H/t25-,27+,28+,29-,30+,31+,33+,34-;/m1./s1. The molecule has 4 aliphatic carbocycles. The zero-order valence-corrected chi connectivity index (χ0v) is 26.5. The van der Waals surface area contributed by atoms with Crippen LogP contribution in [-0.4, -0.2) is 49.8 Å². The topological polar surface area (TPSA) is 38.8 Å². The van der Waals surface area contributed by atoms with E-state index in [-0.39, 0.29) is 24.5 Å². The Bertz CT molecular complexity index is 853. The van der Waals surface area contributed by atoms with Crippen molar-refractivity contribution in [3.05, 3.63) is 11.6 Å².